The van der Waals surface area contributed by atoms with E-state index >= 15 is 0 Å². The lowest BCUT2D eigenvalue weighted by Crippen LogP contribution is -2.70. The Morgan fingerprint density at radius 3 is 2.06 bits per heavy atom. The number of aromatic hydroxyl groups is 1. The molecule has 0 saturated heterocycles. The number of carbonyl (C=O) groups is 5. The number of urea groups is 1. The van der Waals surface area contributed by atoms with E-state index in [1.165, 1.54) is 31.1 Å². The number of ether oxygens (including phenoxy) is 1. The zero-order valence-electron chi connectivity index (χ0n) is 27.8. The van der Waals surface area contributed by atoms with Crippen LogP contribution < -0.4 is 21.7 Å². The van der Waals surface area contributed by atoms with E-state index in [9.17, 15) is 44.4 Å². The molecular weight excluding hydrogens is 614 g/mol. The number of alkyl carbamates (subject to hydrolysis) is 1. The summed E-state index contributed by atoms with van der Waals surface area (Å²) in [6, 6.07) is 0.777. The van der Waals surface area contributed by atoms with Crippen LogP contribution in [0.25, 0.3) is 0 Å². The number of fused-ring (bicyclic) bond motifs is 3. The Hall–Kier alpha value is -4.63. The molecule has 4 amide bonds. The molecule has 1 aromatic rings. The van der Waals surface area contributed by atoms with Crippen LogP contribution in [-0.2, 0) is 14.3 Å². The first-order valence-electron chi connectivity index (χ1n) is 15.0. The summed E-state index contributed by atoms with van der Waals surface area (Å²) in [6.07, 6.45) is -3.01. The molecule has 0 bridgehead atoms. The molecule has 0 aromatic heterocycles. The monoisotopic (exact) mass is 657 g/mol. The standard InChI is InChI=1S/C32H43N5O10/c1-12-13-10-11-14(34-28(45)35-30(2,3)4)21(38)16(13)22(39)17-15(12)23(40)19-20(37(8)9)24(41)18(27(33)44)26(43)32(19,25(17)42)47-29(46)36-31(5,6)7/h10-12,15,19-20,23,38,40-42H,1-9H3,(H2,33,44)(H,36,46)(H2,34,35,45)/t12-,15+,19+,20-,23-,32-/m1/s1. The number of primary amides is 1. The number of anilines is 1. The van der Waals surface area contributed by atoms with E-state index in [1.54, 1.807) is 48.5 Å². The number of hydrogen-bond donors (Lipinski definition) is 8. The highest BCUT2D eigenvalue weighted by molar-refractivity contribution is 6.25. The third-order valence-electron chi connectivity index (χ3n) is 8.57. The number of benzene rings is 1. The molecule has 256 valence electrons. The molecule has 15 nitrogen and oxygen atoms in total. The first-order chi connectivity index (χ1) is 21.5. The van der Waals surface area contributed by atoms with Gasteiger partial charge in [-0.25, -0.2) is 9.59 Å². The lowest BCUT2D eigenvalue weighted by atomic mass is 9.55. The summed E-state index contributed by atoms with van der Waals surface area (Å²) in [6.45, 7) is 11.7. The van der Waals surface area contributed by atoms with Crippen molar-refractivity contribution in [3.05, 3.63) is 45.9 Å². The number of aliphatic hydroxyl groups excluding tert-OH is 3. The molecular formula is C32H43N5O10. The van der Waals surface area contributed by atoms with E-state index in [2.05, 4.69) is 16.0 Å². The first kappa shape index (κ1) is 35.2. The summed E-state index contributed by atoms with van der Waals surface area (Å²) in [5.74, 6) is -10.1. The SMILES string of the molecule is C[C@@H]1c2ccc(NC(=O)NC(C)(C)C)c(O)c2C(=O)C2=C(O)[C@@]3(OC(=O)NC(C)(C)C)C(=O)C(C(N)=O)=C(O)[C@H](N(C)C)[C@H]3[C@H](O)[C@H]21. The zero-order chi connectivity index (χ0) is 35.7. The van der Waals surface area contributed by atoms with E-state index in [-0.39, 0.29) is 16.8 Å². The topological polar surface area (TPSA) is 241 Å². The first-order valence-corrected chi connectivity index (χ1v) is 15.0. The van der Waals surface area contributed by atoms with E-state index in [0.717, 1.165) is 0 Å². The number of ketones is 2. The lowest BCUT2D eigenvalue weighted by molar-refractivity contribution is -0.163. The molecule has 9 N–H and O–H groups in total. The second-order valence-corrected chi connectivity index (χ2v) is 14.5. The molecule has 15 heteroatoms. The van der Waals surface area contributed by atoms with Gasteiger partial charge in [0.25, 0.3) is 5.91 Å². The summed E-state index contributed by atoms with van der Waals surface area (Å²) in [7, 11) is 2.93. The van der Waals surface area contributed by atoms with Gasteiger partial charge in [0.2, 0.25) is 11.4 Å². The zero-order valence-corrected chi connectivity index (χ0v) is 27.8. The second-order valence-electron chi connectivity index (χ2n) is 14.5. The van der Waals surface area contributed by atoms with Crippen molar-refractivity contribution in [1.82, 2.24) is 15.5 Å². The largest absolute Gasteiger partial charge is 0.510 e. The highest BCUT2D eigenvalue weighted by Gasteiger charge is 2.70. The molecule has 0 saturated carbocycles. The predicted molar refractivity (Wildman–Crippen MR) is 169 cm³/mol. The Bertz CT molecular complexity index is 1630. The molecule has 0 heterocycles. The summed E-state index contributed by atoms with van der Waals surface area (Å²) in [5.41, 5.74) is -0.716. The van der Waals surface area contributed by atoms with Crippen molar-refractivity contribution in [2.75, 3.05) is 19.4 Å². The molecule has 1 aromatic carbocycles. The van der Waals surface area contributed by atoms with Gasteiger partial charge >= 0.3 is 12.1 Å². The number of phenolic OH excluding ortho intramolecular Hbond substituents is 1. The number of nitrogens with two attached hydrogens (primary N) is 1. The lowest BCUT2D eigenvalue weighted by Gasteiger charge is -2.54. The van der Waals surface area contributed by atoms with Crippen LogP contribution in [-0.4, -0.2) is 97.8 Å². The number of carbonyl (C=O) groups excluding carboxylic acids is 5. The summed E-state index contributed by atoms with van der Waals surface area (Å²) in [5, 5.41) is 54.4. The number of phenols is 1. The quantitative estimate of drug-likeness (QED) is 0.172. The number of nitrogens with one attached hydrogen (secondary N) is 3. The van der Waals surface area contributed by atoms with Crippen molar-refractivity contribution >= 4 is 35.3 Å². The fourth-order valence-electron chi connectivity index (χ4n) is 6.84. The van der Waals surface area contributed by atoms with Crippen LogP contribution in [0.2, 0.25) is 0 Å². The van der Waals surface area contributed by atoms with Crippen LogP contribution >= 0.6 is 0 Å². The number of rotatable bonds is 4. The van der Waals surface area contributed by atoms with Crippen molar-refractivity contribution in [3.63, 3.8) is 0 Å². The molecule has 47 heavy (non-hydrogen) atoms. The normalized spacial score (nSPS) is 27.5. The van der Waals surface area contributed by atoms with E-state index in [1.807, 2.05) is 0 Å². The minimum Gasteiger partial charge on any atom is -0.510 e. The van der Waals surface area contributed by atoms with Crippen LogP contribution in [0.1, 0.15) is 70.3 Å². The fourth-order valence-corrected chi connectivity index (χ4v) is 6.84. The minimum absolute atomic E-state index is 0.139. The van der Waals surface area contributed by atoms with Crippen LogP contribution in [0.3, 0.4) is 0 Å². The van der Waals surface area contributed by atoms with E-state index < -0.39 is 105 Å². The number of amides is 4. The summed E-state index contributed by atoms with van der Waals surface area (Å²) >= 11 is 0. The Morgan fingerprint density at radius 1 is 0.979 bits per heavy atom. The number of likely N-dealkylation sites (N-methyl/N-ethyl adjacent to an activating group) is 1. The smallest absolute Gasteiger partial charge is 0.409 e. The van der Waals surface area contributed by atoms with Crippen LogP contribution in [0.4, 0.5) is 15.3 Å². The average molecular weight is 658 g/mol. The number of aliphatic hydroxyl groups is 3. The molecule has 3 aliphatic rings. The Balaban J connectivity index is 2.02. The average Bonchev–Trinajstić information content (AvgIpc) is 2.89. The highest BCUT2D eigenvalue weighted by Crippen LogP contribution is 2.57. The molecule has 0 unspecified atom stereocenters. The van der Waals surface area contributed by atoms with Crippen LogP contribution in [0, 0.1) is 11.8 Å². The molecule has 4 rings (SSSR count). The summed E-state index contributed by atoms with van der Waals surface area (Å²) < 4.78 is 5.71. The van der Waals surface area contributed by atoms with Crippen molar-refractivity contribution < 1.29 is 49.1 Å². The third-order valence-corrected chi connectivity index (χ3v) is 8.57. The van der Waals surface area contributed by atoms with Gasteiger partial charge < -0.3 is 46.8 Å². The molecule has 6 atom stereocenters. The molecule has 0 fully saturated rings. The van der Waals surface area contributed by atoms with Crippen molar-refractivity contribution in [1.29, 1.82) is 0 Å². The van der Waals surface area contributed by atoms with Gasteiger partial charge in [0, 0.05) is 22.6 Å². The second kappa shape index (κ2) is 11.6. The van der Waals surface area contributed by atoms with Gasteiger partial charge in [-0.2, -0.15) is 0 Å². The number of nitrogens with zero attached hydrogens (tertiary/aromatic N) is 1. The molecule has 0 spiro atoms. The van der Waals surface area contributed by atoms with Gasteiger partial charge in [-0.15, -0.1) is 0 Å². The van der Waals surface area contributed by atoms with Gasteiger partial charge in [0.15, 0.2) is 17.3 Å². The molecule has 0 aliphatic heterocycles. The molecule has 3 aliphatic carbocycles. The maximum Gasteiger partial charge on any atom is 0.409 e. The fraction of sp³-hybridized carbons (Fsp3) is 0.531. The van der Waals surface area contributed by atoms with E-state index in [4.69, 9.17) is 10.5 Å². The maximum atomic E-state index is 14.3. The van der Waals surface area contributed by atoms with E-state index in [0.29, 0.717) is 0 Å². The van der Waals surface area contributed by atoms with Crippen molar-refractivity contribution in [3.8, 4) is 5.75 Å². The Kier molecular flexibility index (Phi) is 8.66. The number of hydrogen-bond acceptors (Lipinski definition) is 11. The highest BCUT2D eigenvalue weighted by atomic mass is 16.6. The summed E-state index contributed by atoms with van der Waals surface area (Å²) in [4.78, 5) is 68.5. The Labute approximate surface area is 271 Å². The minimum atomic E-state index is -2.92. The maximum absolute atomic E-state index is 14.3. The van der Waals surface area contributed by atoms with Gasteiger partial charge in [-0.1, -0.05) is 13.0 Å². The van der Waals surface area contributed by atoms with Gasteiger partial charge in [0.05, 0.1) is 29.3 Å². The van der Waals surface area contributed by atoms with Gasteiger partial charge in [0.1, 0.15) is 11.3 Å². The van der Waals surface area contributed by atoms with Gasteiger partial charge in [-0.3, -0.25) is 19.3 Å². The van der Waals surface area contributed by atoms with Gasteiger partial charge in [-0.05, 0) is 73.2 Å². The van der Waals surface area contributed by atoms with Crippen LogP contribution in [0.5, 0.6) is 5.75 Å². The molecule has 0 radical (unpaired) electrons. The third kappa shape index (κ3) is 5.78. The van der Waals surface area contributed by atoms with Crippen molar-refractivity contribution in [2.24, 2.45) is 17.6 Å². The number of Topliss-reactive ketones (excluding diaryl/α,β-unsaturated/α-hetero) is 2. The van der Waals surface area contributed by atoms with Crippen molar-refractivity contribution in [2.45, 2.75) is 83.2 Å². The Morgan fingerprint density at radius 2 is 1.55 bits per heavy atom. The van der Waals surface area contributed by atoms with Crippen LogP contribution in [0.15, 0.2) is 34.8 Å². The predicted octanol–water partition coefficient (Wildman–Crippen LogP) is 2.10.